The maximum atomic E-state index is 6.33. The van der Waals surface area contributed by atoms with Crippen LogP contribution in [0.15, 0.2) is 6.20 Å². The molecule has 2 heterocycles. The number of nitrogens with one attached hydrogen (secondary N) is 1. The lowest BCUT2D eigenvalue weighted by Gasteiger charge is -2.31. The summed E-state index contributed by atoms with van der Waals surface area (Å²) in [4.78, 5) is 0. The van der Waals surface area contributed by atoms with Crippen molar-refractivity contribution in [2.75, 3.05) is 24.7 Å². The van der Waals surface area contributed by atoms with Crippen molar-refractivity contribution in [2.45, 2.75) is 39.0 Å². The number of hydrogen-bond acceptors (Lipinski definition) is 4. The van der Waals surface area contributed by atoms with Crippen molar-refractivity contribution < 1.29 is 4.74 Å². The second-order valence-electron chi connectivity index (χ2n) is 4.61. The summed E-state index contributed by atoms with van der Waals surface area (Å²) in [5.74, 6) is 2.09. The average molecular weight is 304 g/mol. The summed E-state index contributed by atoms with van der Waals surface area (Å²) in [5, 5.41) is 8.65. The molecule has 0 amide bonds. The molecule has 19 heavy (non-hydrogen) atoms. The molecule has 1 aromatic rings. The quantitative estimate of drug-likeness (QED) is 0.877. The molecule has 2 rings (SSSR count). The second-order valence-corrected chi connectivity index (χ2v) is 6.17. The molecule has 1 N–H and O–H groups in total. The Labute approximate surface area is 124 Å². The van der Waals surface area contributed by atoms with Crippen molar-refractivity contribution in [2.24, 2.45) is 0 Å². The zero-order chi connectivity index (χ0) is 13.7. The zero-order valence-electron chi connectivity index (χ0n) is 11.6. The lowest BCUT2D eigenvalue weighted by Crippen LogP contribution is -2.39. The maximum Gasteiger partial charge on any atom is 0.0876 e. The zero-order valence-corrected chi connectivity index (χ0v) is 13.1. The van der Waals surface area contributed by atoms with Crippen LogP contribution in [0.4, 0.5) is 0 Å². The second kappa shape index (κ2) is 7.53. The van der Waals surface area contributed by atoms with E-state index in [1.807, 2.05) is 16.4 Å². The third-order valence-corrected chi connectivity index (χ3v) is 4.57. The van der Waals surface area contributed by atoms with Crippen LogP contribution in [0.3, 0.4) is 0 Å². The number of ether oxygens (including phenoxy) is 1. The van der Waals surface area contributed by atoms with Crippen molar-refractivity contribution in [1.29, 1.82) is 0 Å². The average Bonchev–Trinajstić information content (AvgIpc) is 2.82. The summed E-state index contributed by atoms with van der Waals surface area (Å²) in [6, 6.07) is 0.127. The maximum absolute atomic E-state index is 6.33. The molecule has 2 unspecified atom stereocenters. The highest BCUT2D eigenvalue weighted by Gasteiger charge is 2.30. The number of thioether (sulfide) groups is 1. The first-order chi connectivity index (χ1) is 9.27. The molecule has 1 fully saturated rings. The van der Waals surface area contributed by atoms with Crippen LogP contribution >= 0.6 is 23.4 Å². The number of rotatable bonds is 6. The minimum atomic E-state index is 0.127. The van der Waals surface area contributed by atoms with Gasteiger partial charge in [-0.3, -0.25) is 4.68 Å². The van der Waals surface area contributed by atoms with E-state index in [-0.39, 0.29) is 12.1 Å². The number of nitrogens with zero attached hydrogens (tertiary/aromatic N) is 2. The van der Waals surface area contributed by atoms with Crippen LogP contribution in [0.25, 0.3) is 0 Å². The molecule has 1 aliphatic rings. The molecule has 0 saturated carbocycles. The van der Waals surface area contributed by atoms with E-state index in [0.717, 1.165) is 48.3 Å². The number of aromatic nitrogens is 2. The number of hydrogen-bond donors (Lipinski definition) is 1. The van der Waals surface area contributed by atoms with E-state index in [1.54, 1.807) is 6.20 Å². The minimum absolute atomic E-state index is 0.127. The molecule has 0 aliphatic carbocycles. The van der Waals surface area contributed by atoms with Gasteiger partial charge in [0.25, 0.3) is 0 Å². The van der Waals surface area contributed by atoms with Gasteiger partial charge in [-0.05, 0) is 19.9 Å². The molecular formula is C13H22ClN3OS. The first-order valence-electron chi connectivity index (χ1n) is 6.91. The molecule has 1 aliphatic heterocycles. The van der Waals surface area contributed by atoms with E-state index in [0.29, 0.717) is 0 Å². The third-order valence-electron chi connectivity index (χ3n) is 3.26. The molecule has 1 saturated heterocycles. The highest BCUT2D eigenvalue weighted by atomic mass is 35.5. The molecule has 1 aromatic heterocycles. The summed E-state index contributed by atoms with van der Waals surface area (Å²) in [7, 11) is 0. The fourth-order valence-corrected chi connectivity index (χ4v) is 3.50. The lowest BCUT2D eigenvalue weighted by atomic mass is 10.1. The monoisotopic (exact) mass is 303 g/mol. The summed E-state index contributed by atoms with van der Waals surface area (Å²) >= 11 is 8.27. The predicted octanol–water partition coefficient (Wildman–Crippen LogP) is 2.73. The molecule has 6 heteroatoms. The van der Waals surface area contributed by atoms with Gasteiger partial charge in [-0.2, -0.15) is 16.9 Å². The van der Waals surface area contributed by atoms with Crippen LogP contribution in [0.1, 0.15) is 32.0 Å². The van der Waals surface area contributed by atoms with Crippen molar-refractivity contribution in [1.82, 2.24) is 15.1 Å². The highest BCUT2D eigenvalue weighted by Crippen LogP contribution is 2.30. The van der Waals surface area contributed by atoms with Crippen LogP contribution in [0.2, 0.25) is 5.02 Å². The summed E-state index contributed by atoms with van der Waals surface area (Å²) in [6.07, 6.45) is 3.00. The van der Waals surface area contributed by atoms with Crippen LogP contribution in [-0.4, -0.2) is 40.5 Å². The van der Waals surface area contributed by atoms with E-state index >= 15 is 0 Å². The Morgan fingerprint density at radius 3 is 3.11 bits per heavy atom. The molecular weight excluding hydrogens is 282 g/mol. The van der Waals surface area contributed by atoms with Gasteiger partial charge in [0.15, 0.2) is 0 Å². The molecule has 2 atom stereocenters. The van der Waals surface area contributed by atoms with Crippen LogP contribution in [0.5, 0.6) is 0 Å². The number of aryl methyl sites for hydroxylation is 1. The van der Waals surface area contributed by atoms with Crippen molar-refractivity contribution in [3.63, 3.8) is 0 Å². The highest BCUT2D eigenvalue weighted by molar-refractivity contribution is 7.99. The van der Waals surface area contributed by atoms with Gasteiger partial charge >= 0.3 is 0 Å². The molecule has 108 valence electrons. The summed E-state index contributed by atoms with van der Waals surface area (Å²) in [5.41, 5.74) is 1.06. The van der Waals surface area contributed by atoms with Crippen LogP contribution < -0.4 is 5.32 Å². The van der Waals surface area contributed by atoms with E-state index in [2.05, 4.69) is 24.3 Å². The normalized spacial score (nSPS) is 21.5. The molecule has 0 radical (unpaired) electrons. The van der Waals surface area contributed by atoms with Gasteiger partial charge in [-0.25, -0.2) is 0 Å². The van der Waals surface area contributed by atoms with Gasteiger partial charge in [0.1, 0.15) is 0 Å². The smallest absolute Gasteiger partial charge is 0.0876 e. The molecule has 0 aromatic carbocycles. The Kier molecular flexibility index (Phi) is 6.01. The fourth-order valence-electron chi connectivity index (χ4n) is 2.34. The SMILES string of the molecule is CCCNC(c1c(Cl)cnn1CC)C1CSCCO1. The van der Waals surface area contributed by atoms with Gasteiger partial charge in [-0.15, -0.1) is 0 Å². The molecule has 4 nitrogen and oxygen atoms in total. The van der Waals surface area contributed by atoms with E-state index in [1.165, 1.54) is 0 Å². The Bertz CT molecular complexity index is 393. The van der Waals surface area contributed by atoms with E-state index in [9.17, 15) is 0 Å². The standard InChI is InChI=1S/C13H22ClN3OS/c1-3-5-15-12(11-9-19-7-6-18-11)13-10(14)8-16-17(13)4-2/h8,11-12,15H,3-7,9H2,1-2H3. The van der Waals surface area contributed by atoms with Gasteiger partial charge in [0, 0.05) is 18.1 Å². The summed E-state index contributed by atoms with van der Waals surface area (Å²) in [6.45, 7) is 6.85. The van der Waals surface area contributed by atoms with Crippen molar-refractivity contribution in [3.8, 4) is 0 Å². The van der Waals surface area contributed by atoms with Gasteiger partial charge in [-0.1, -0.05) is 18.5 Å². The van der Waals surface area contributed by atoms with Crippen molar-refractivity contribution >= 4 is 23.4 Å². The van der Waals surface area contributed by atoms with E-state index in [4.69, 9.17) is 16.3 Å². The van der Waals surface area contributed by atoms with Gasteiger partial charge in [0.05, 0.1) is 35.7 Å². The topological polar surface area (TPSA) is 39.1 Å². The minimum Gasteiger partial charge on any atom is -0.374 e. The largest absolute Gasteiger partial charge is 0.374 e. The first kappa shape index (κ1) is 15.2. The summed E-state index contributed by atoms with van der Waals surface area (Å²) < 4.78 is 7.90. The number of halogens is 1. The fraction of sp³-hybridized carbons (Fsp3) is 0.769. The predicted molar refractivity (Wildman–Crippen MR) is 81.0 cm³/mol. The van der Waals surface area contributed by atoms with Crippen LogP contribution in [-0.2, 0) is 11.3 Å². The first-order valence-corrected chi connectivity index (χ1v) is 8.45. The lowest BCUT2D eigenvalue weighted by molar-refractivity contribution is 0.0445. The molecule has 0 spiro atoms. The Balaban J connectivity index is 2.22. The molecule has 0 bridgehead atoms. The van der Waals surface area contributed by atoms with E-state index < -0.39 is 0 Å². The third kappa shape index (κ3) is 3.66. The Morgan fingerprint density at radius 2 is 2.47 bits per heavy atom. The van der Waals surface area contributed by atoms with Gasteiger partial charge in [0.2, 0.25) is 0 Å². The van der Waals surface area contributed by atoms with Crippen LogP contribution in [0, 0.1) is 0 Å². The van der Waals surface area contributed by atoms with Crippen molar-refractivity contribution in [3.05, 3.63) is 16.9 Å². The Morgan fingerprint density at radius 1 is 1.63 bits per heavy atom. The Hall–Kier alpha value is -0.230. The van der Waals surface area contributed by atoms with Gasteiger partial charge < -0.3 is 10.1 Å².